The van der Waals surface area contributed by atoms with Gasteiger partial charge in [0.25, 0.3) is 0 Å². The van der Waals surface area contributed by atoms with Crippen molar-refractivity contribution in [3.05, 3.63) is 65.2 Å². The molecule has 1 aliphatic carbocycles. The Morgan fingerprint density at radius 3 is 2.47 bits per heavy atom. The highest BCUT2D eigenvalue weighted by Gasteiger charge is 2.47. The maximum atomic E-state index is 13.3. The predicted octanol–water partition coefficient (Wildman–Crippen LogP) is 4.49. The molecule has 2 aromatic heterocycles. The van der Waals surface area contributed by atoms with Gasteiger partial charge in [0.1, 0.15) is 5.69 Å². The van der Waals surface area contributed by atoms with E-state index in [1.165, 1.54) is 0 Å². The summed E-state index contributed by atoms with van der Waals surface area (Å²) in [7, 11) is -3.25. The number of urea groups is 1. The summed E-state index contributed by atoms with van der Waals surface area (Å²) in [4.78, 5) is 29.6. The van der Waals surface area contributed by atoms with Crippen LogP contribution in [-0.2, 0) is 21.8 Å². The Morgan fingerprint density at radius 2 is 1.78 bits per heavy atom. The van der Waals surface area contributed by atoms with Crippen molar-refractivity contribution >= 4 is 21.6 Å². The molecule has 5 rings (SSSR count). The van der Waals surface area contributed by atoms with E-state index in [0.29, 0.717) is 18.0 Å². The summed E-state index contributed by atoms with van der Waals surface area (Å²) in [6.07, 6.45) is 6.01. The average molecular weight is 506 g/mol. The first-order valence-corrected chi connectivity index (χ1v) is 14.1. The van der Waals surface area contributed by atoms with Gasteiger partial charge < -0.3 is 5.32 Å². The summed E-state index contributed by atoms with van der Waals surface area (Å²) in [5, 5.41) is 3.01. The molecule has 0 radical (unpaired) electrons. The minimum absolute atomic E-state index is 0.0605. The number of rotatable bonds is 5. The maximum Gasteiger partial charge on any atom is 0.322 e. The van der Waals surface area contributed by atoms with Crippen LogP contribution in [0.4, 0.5) is 10.5 Å². The van der Waals surface area contributed by atoms with Gasteiger partial charge in [-0.25, -0.2) is 23.2 Å². The quantitative estimate of drug-likeness (QED) is 0.548. The Hall–Kier alpha value is -3.33. The third kappa shape index (κ3) is 4.36. The molecule has 36 heavy (non-hydrogen) atoms. The van der Waals surface area contributed by atoms with Crippen molar-refractivity contribution in [2.24, 2.45) is 0 Å². The van der Waals surface area contributed by atoms with Crippen LogP contribution in [0.25, 0.3) is 11.4 Å². The van der Waals surface area contributed by atoms with Crippen LogP contribution in [0.5, 0.6) is 0 Å². The van der Waals surface area contributed by atoms with Crippen LogP contribution in [0.1, 0.15) is 55.3 Å². The minimum Gasteiger partial charge on any atom is -0.334 e. The molecule has 8 nitrogen and oxygen atoms in total. The minimum atomic E-state index is -3.25. The molecule has 1 fully saturated rings. The second-order valence-corrected chi connectivity index (χ2v) is 12.1. The normalized spacial score (nSPS) is 16.4. The van der Waals surface area contributed by atoms with E-state index < -0.39 is 9.84 Å². The summed E-state index contributed by atoms with van der Waals surface area (Å²) >= 11 is 0. The summed E-state index contributed by atoms with van der Waals surface area (Å²) < 4.78 is 24.1. The number of aromatic nitrogens is 3. The van der Waals surface area contributed by atoms with E-state index in [9.17, 15) is 13.2 Å². The van der Waals surface area contributed by atoms with E-state index >= 15 is 0 Å². The Morgan fingerprint density at radius 1 is 1.06 bits per heavy atom. The zero-order valence-corrected chi connectivity index (χ0v) is 21.7. The molecule has 1 spiro atoms. The van der Waals surface area contributed by atoms with Gasteiger partial charge in [0.2, 0.25) is 0 Å². The van der Waals surface area contributed by atoms with Gasteiger partial charge in [-0.3, -0.25) is 9.88 Å². The molecule has 1 aromatic carbocycles. The molecule has 0 bridgehead atoms. The number of nitrogens with zero attached hydrogens (tertiary/aromatic N) is 4. The zero-order chi connectivity index (χ0) is 25.5. The third-order valence-corrected chi connectivity index (χ3v) is 9.11. The van der Waals surface area contributed by atoms with Gasteiger partial charge in [-0.2, -0.15) is 0 Å². The number of nitrogens with one attached hydrogen (secondary N) is 1. The number of fused-ring (bicyclic) bond motifs is 2. The Labute approximate surface area is 212 Å². The molecule has 188 valence electrons. The number of hydrogen-bond donors (Lipinski definition) is 1. The number of anilines is 1. The number of carbonyl (C=O) groups excluding carboxylic acids is 1. The molecule has 9 heteroatoms. The van der Waals surface area contributed by atoms with E-state index in [0.717, 1.165) is 65.4 Å². The van der Waals surface area contributed by atoms with Gasteiger partial charge in [-0.1, -0.05) is 31.9 Å². The summed E-state index contributed by atoms with van der Waals surface area (Å²) in [5.74, 6) is 0.0605. The number of carbonyl (C=O) groups is 1. The van der Waals surface area contributed by atoms with Gasteiger partial charge in [-0.15, -0.1) is 0 Å². The predicted molar refractivity (Wildman–Crippen MR) is 139 cm³/mol. The van der Waals surface area contributed by atoms with Crippen molar-refractivity contribution in [3.63, 3.8) is 0 Å². The number of benzene rings is 1. The van der Waals surface area contributed by atoms with Crippen molar-refractivity contribution in [2.75, 3.05) is 17.2 Å². The molecule has 3 heterocycles. The molecular formula is C27H31N5O3S. The van der Waals surface area contributed by atoms with Gasteiger partial charge in [0, 0.05) is 24.7 Å². The Kier molecular flexibility index (Phi) is 6.28. The first-order valence-electron chi connectivity index (χ1n) is 12.4. The van der Waals surface area contributed by atoms with Crippen molar-refractivity contribution in [1.82, 2.24) is 20.3 Å². The highest BCUT2D eigenvalue weighted by molar-refractivity contribution is 7.91. The number of sulfone groups is 1. The number of pyridine rings is 1. The lowest BCUT2D eigenvalue weighted by molar-refractivity contribution is 0.245. The van der Waals surface area contributed by atoms with Crippen LogP contribution < -0.4 is 10.2 Å². The molecule has 0 unspecified atom stereocenters. The van der Waals surface area contributed by atoms with E-state index in [-0.39, 0.29) is 17.2 Å². The van der Waals surface area contributed by atoms with Crippen molar-refractivity contribution in [2.45, 2.75) is 63.3 Å². The molecule has 0 atom stereocenters. The summed E-state index contributed by atoms with van der Waals surface area (Å²) in [5.41, 5.74) is 5.78. The van der Waals surface area contributed by atoms with E-state index in [4.69, 9.17) is 4.98 Å². The number of amides is 2. The monoisotopic (exact) mass is 505 g/mol. The number of hydrogen-bond acceptors (Lipinski definition) is 6. The molecular weight excluding hydrogens is 474 g/mol. The van der Waals surface area contributed by atoms with E-state index in [2.05, 4.69) is 15.3 Å². The van der Waals surface area contributed by atoms with Crippen LogP contribution in [0.2, 0.25) is 0 Å². The van der Waals surface area contributed by atoms with Crippen molar-refractivity contribution < 1.29 is 13.2 Å². The van der Waals surface area contributed by atoms with Crippen molar-refractivity contribution in [1.29, 1.82) is 0 Å². The SMILES string of the molecule is CCS(=O)(=O)c1ccc(CNC(=O)N2CC3(CCCC3)c3nc(-c4nc(C)cnc4C)ccc32)cc1. The Bertz CT molecular complexity index is 1410. The molecule has 3 aromatic rings. The summed E-state index contributed by atoms with van der Waals surface area (Å²) in [6, 6.07) is 10.4. The fourth-order valence-electron chi connectivity index (χ4n) is 5.32. The third-order valence-electron chi connectivity index (χ3n) is 7.36. The molecule has 2 amide bonds. The van der Waals surface area contributed by atoms with Gasteiger partial charge in [0.15, 0.2) is 9.84 Å². The first kappa shape index (κ1) is 24.4. The molecule has 1 N–H and O–H groups in total. The first-order chi connectivity index (χ1) is 17.2. The second kappa shape index (κ2) is 9.28. The van der Waals surface area contributed by atoms with Crippen LogP contribution in [-0.4, -0.2) is 41.7 Å². The van der Waals surface area contributed by atoms with Crippen molar-refractivity contribution in [3.8, 4) is 11.4 Å². The lowest BCUT2D eigenvalue weighted by Crippen LogP contribution is -2.41. The fourth-order valence-corrected chi connectivity index (χ4v) is 6.20. The Balaban J connectivity index is 1.39. The average Bonchev–Trinajstić information content (AvgIpc) is 3.49. The lowest BCUT2D eigenvalue weighted by Gasteiger charge is -2.24. The van der Waals surface area contributed by atoms with E-state index in [1.54, 1.807) is 37.4 Å². The fraction of sp³-hybridized carbons (Fsp3) is 0.407. The van der Waals surface area contributed by atoms with Crippen LogP contribution in [0.15, 0.2) is 47.5 Å². The van der Waals surface area contributed by atoms with Crippen LogP contribution in [0, 0.1) is 13.8 Å². The van der Waals surface area contributed by atoms with E-state index in [1.807, 2.05) is 30.9 Å². The maximum absolute atomic E-state index is 13.3. The second-order valence-electron chi connectivity index (χ2n) is 9.79. The zero-order valence-electron chi connectivity index (χ0n) is 20.9. The molecule has 1 aliphatic heterocycles. The smallest absolute Gasteiger partial charge is 0.322 e. The van der Waals surface area contributed by atoms with Gasteiger partial charge in [0.05, 0.1) is 39.1 Å². The van der Waals surface area contributed by atoms with Gasteiger partial charge >= 0.3 is 6.03 Å². The number of aryl methyl sites for hydroxylation is 2. The molecule has 2 aliphatic rings. The highest BCUT2D eigenvalue weighted by atomic mass is 32.2. The van der Waals surface area contributed by atoms with Crippen LogP contribution >= 0.6 is 0 Å². The largest absolute Gasteiger partial charge is 0.334 e. The van der Waals surface area contributed by atoms with Crippen LogP contribution in [0.3, 0.4) is 0 Å². The lowest BCUT2D eigenvalue weighted by atomic mass is 9.84. The highest BCUT2D eigenvalue weighted by Crippen LogP contribution is 2.50. The molecule has 1 saturated carbocycles. The summed E-state index contributed by atoms with van der Waals surface area (Å²) in [6.45, 7) is 6.41. The topological polar surface area (TPSA) is 105 Å². The molecule has 0 saturated heterocycles. The standard InChI is InChI=1S/C27H31N5O3S/c1-4-36(34,35)21-9-7-20(8-10-21)16-29-26(33)32-17-27(13-5-6-14-27)25-23(32)12-11-22(31-25)24-19(3)28-15-18(2)30-24/h7-12,15H,4-6,13-14,16-17H2,1-3H3,(H,29,33). The van der Waals surface area contributed by atoms with Gasteiger partial charge in [-0.05, 0) is 56.5 Å².